The molecule has 1 aromatic rings. The minimum Gasteiger partial charge on any atom is -0.495 e. The van der Waals surface area contributed by atoms with Crippen LogP contribution in [0.25, 0.3) is 0 Å². The number of nitrogens with one attached hydrogen (secondary N) is 1. The molecule has 1 amide bonds. The Labute approximate surface area is 120 Å². The average Bonchev–Trinajstić information content (AvgIpc) is 2.47. The van der Waals surface area contributed by atoms with E-state index in [1.54, 1.807) is 7.11 Å². The van der Waals surface area contributed by atoms with Gasteiger partial charge in [0.1, 0.15) is 5.75 Å². The molecule has 0 unspecified atom stereocenters. The van der Waals surface area contributed by atoms with Crippen molar-refractivity contribution in [1.29, 1.82) is 0 Å². The Kier molecular flexibility index (Phi) is 5.01. The molecular weight excluding hydrogens is 252 g/mol. The highest BCUT2D eigenvalue weighted by molar-refractivity contribution is 5.94. The molecule has 1 aliphatic carbocycles. The lowest BCUT2D eigenvalue weighted by molar-refractivity contribution is -0.121. The van der Waals surface area contributed by atoms with Gasteiger partial charge in [0.25, 0.3) is 0 Å². The van der Waals surface area contributed by atoms with E-state index in [-0.39, 0.29) is 11.8 Å². The molecule has 0 aliphatic heterocycles. The van der Waals surface area contributed by atoms with Crippen molar-refractivity contribution in [3.8, 4) is 5.75 Å². The first kappa shape index (κ1) is 14.9. The molecule has 0 radical (unpaired) electrons. The Balaban J connectivity index is 1.99. The summed E-state index contributed by atoms with van der Waals surface area (Å²) < 4.78 is 5.29. The van der Waals surface area contributed by atoms with Crippen LogP contribution in [0.3, 0.4) is 0 Å². The predicted molar refractivity (Wildman–Crippen MR) is 80.9 cm³/mol. The highest BCUT2D eigenvalue weighted by Crippen LogP contribution is 2.31. The van der Waals surface area contributed by atoms with E-state index in [0.29, 0.717) is 11.7 Å². The van der Waals surface area contributed by atoms with Gasteiger partial charge in [0.2, 0.25) is 5.91 Å². The lowest BCUT2D eigenvalue weighted by atomic mass is 9.81. The number of hydrogen-bond donors (Lipinski definition) is 2. The van der Waals surface area contributed by atoms with Gasteiger partial charge in [-0.05, 0) is 62.8 Å². The number of carbonyl (C=O) groups is 1. The third-order valence-electron chi connectivity index (χ3n) is 4.16. The summed E-state index contributed by atoms with van der Waals surface area (Å²) in [7, 11) is 1.62. The highest BCUT2D eigenvalue weighted by Gasteiger charge is 2.26. The van der Waals surface area contributed by atoms with E-state index in [1.165, 1.54) is 0 Å². The van der Waals surface area contributed by atoms with Crippen LogP contribution in [0.15, 0.2) is 18.2 Å². The number of rotatable bonds is 4. The fraction of sp³-hybridized carbons (Fsp3) is 0.562. The van der Waals surface area contributed by atoms with E-state index in [4.69, 9.17) is 10.5 Å². The molecule has 4 heteroatoms. The molecule has 0 spiro atoms. The number of ether oxygens (including phenoxy) is 1. The first-order valence-corrected chi connectivity index (χ1v) is 7.29. The largest absolute Gasteiger partial charge is 0.495 e. The maximum atomic E-state index is 12.3. The van der Waals surface area contributed by atoms with Crippen LogP contribution in [0.4, 0.5) is 5.69 Å². The highest BCUT2D eigenvalue weighted by atomic mass is 16.5. The molecule has 1 aliphatic rings. The molecule has 0 bridgehead atoms. The van der Waals surface area contributed by atoms with Crippen molar-refractivity contribution in [2.24, 2.45) is 17.6 Å². The summed E-state index contributed by atoms with van der Waals surface area (Å²) >= 11 is 0. The van der Waals surface area contributed by atoms with E-state index in [2.05, 4.69) is 5.32 Å². The maximum Gasteiger partial charge on any atom is 0.227 e. The Morgan fingerprint density at radius 2 is 2.05 bits per heavy atom. The van der Waals surface area contributed by atoms with Gasteiger partial charge >= 0.3 is 0 Å². The summed E-state index contributed by atoms with van der Waals surface area (Å²) in [5, 5.41) is 3.01. The molecule has 3 N–H and O–H groups in total. The van der Waals surface area contributed by atoms with Gasteiger partial charge in [-0.2, -0.15) is 0 Å². The summed E-state index contributed by atoms with van der Waals surface area (Å²) in [6, 6.07) is 5.81. The molecule has 0 atom stereocenters. The zero-order chi connectivity index (χ0) is 14.5. The molecule has 2 rings (SSSR count). The fourth-order valence-corrected chi connectivity index (χ4v) is 2.81. The first-order valence-electron chi connectivity index (χ1n) is 7.29. The minimum atomic E-state index is 0.100. The van der Waals surface area contributed by atoms with E-state index >= 15 is 0 Å². The lowest BCUT2D eigenvalue weighted by Gasteiger charge is -2.27. The zero-order valence-electron chi connectivity index (χ0n) is 12.3. The van der Waals surface area contributed by atoms with Crippen LogP contribution in [0.1, 0.15) is 31.2 Å². The monoisotopic (exact) mass is 276 g/mol. The Hall–Kier alpha value is -1.55. The molecule has 0 saturated heterocycles. The van der Waals surface area contributed by atoms with Gasteiger partial charge in [0, 0.05) is 5.92 Å². The number of aryl methyl sites for hydroxylation is 1. The minimum absolute atomic E-state index is 0.100. The van der Waals surface area contributed by atoms with Crippen molar-refractivity contribution in [2.75, 3.05) is 19.0 Å². The average molecular weight is 276 g/mol. The molecule has 1 fully saturated rings. The first-order chi connectivity index (χ1) is 9.63. The van der Waals surface area contributed by atoms with E-state index in [1.807, 2.05) is 25.1 Å². The van der Waals surface area contributed by atoms with E-state index in [0.717, 1.165) is 43.5 Å². The zero-order valence-corrected chi connectivity index (χ0v) is 12.3. The fourth-order valence-electron chi connectivity index (χ4n) is 2.81. The SMILES string of the molecule is COc1ccc(C)cc1NC(=O)C1CCC(CN)CC1. The number of nitrogens with two attached hydrogens (primary N) is 1. The Morgan fingerprint density at radius 3 is 2.65 bits per heavy atom. The third-order valence-corrected chi connectivity index (χ3v) is 4.16. The van der Waals surface area contributed by atoms with Gasteiger partial charge in [0.15, 0.2) is 0 Å². The van der Waals surface area contributed by atoms with Crippen LogP contribution in [-0.4, -0.2) is 19.6 Å². The van der Waals surface area contributed by atoms with Gasteiger partial charge < -0.3 is 15.8 Å². The maximum absolute atomic E-state index is 12.3. The smallest absolute Gasteiger partial charge is 0.227 e. The van der Waals surface area contributed by atoms with Crippen LogP contribution in [-0.2, 0) is 4.79 Å². The number of benzene rings is 1. The molecule has 20 heavy (non-hydrogen) atoms. The van der Waals surface area contributed by atoms with Crippen LogP contribution in [0, 0.1) is 18.8 Å². The number of carbonyl (C=O) groups excluding carboxylic acids is 1. The van der Waals surface area contributed by atoms with Gasteiger partial charge in [-0.25, -0.2) is 0 Å². The number of amides is 1. The summed E-state index contributed by atoms with van der Waals surface area (Å²) in [5.74, 6) is 1.50. The molecule has 110 valence electrons. The number of hydrogen-bond acceptors (Lipinski definition) is 3. The second-order valence-corrected chi connectivity index (χ2v) is 5.65. The van der Waals surface area contributed by atoms with E-state index in [9.17, 15) is 4.79 Å². The van der Waals surface area contributed by atoms with Gasteiger partial charge in [-0.3, -0.25) is 4.79 Å². The topological polar surface area (TPSA) is 64.3 Å². The Bertz CT molecular complexity index is 466. The van der Waals surface area contributed by atoms with Crippen molar-refractivity contribution < 1.29 is 9.53 Å². The summed E-state index contributed by atoms with van der Waals surface area (Å²) in [6.45, 7) is 2.74. The number of anilines is 1. The van der Waals surface area contributed by atoms with Crippen LogP contribution < -0.4 is 15.8 Å². The summed E-state index contributed by atoms with van der Waals surface area (Å²) in [4.78, 5) is 12.3. The molecular formula is C16H24N2O2. The van der Waals surface area contributed by atoms with Gasteiger partial charge in [0.05, 0.1) is 12.8 Å². The second kappa shape index (κ2) is 6.75. The van der Waals surface area contributed by atoms with Crippen LogP contribution in [0.5, 0.6) is 5.75 Å². The normalized spacial score (nSPS) is 22.4. The van der Waals surface area contributed by atoms with Crippen molar-refractivity contribution in [3.63, 3.8) is 0 Å². The summed E-state index contributed by atoms with van der Waals surface area (Å²) in [6.07, 6.45) is 3.97. The predicted octanol–water partition coefficient (Wildman–Crippen LogP) is 2.71. The molecule has 0 aromatic heterocycles. The van der Waals surface area contributed by atoms with Gasteiger partial charge in [-0.1, -0.05) is 6.07 Å². The van der Waals surface area contributed by atoms with Crippen molar-refractivity contribution in [3.05, 3.63) is 23.8 Å². The second-order valence-electron chi connectivity index (χ2n) is 5.65. The summed E-state index contributed by atoms with van der Waals surface area (Å²) in [5.41, 5.74) is 7.55. The molecule has 0 heterocycles. The van der Waals surface area contributed by atoms with Gasteiger partial charge in [-0.15, -0.1) is 0 Å². The third kappa shape index (κ3) is 3.51. The van der Waals surface area contributed by atoms with Crippen molar-refractivity contribution in [2.45, 2.75) is 32.6 Å². The van der Waals surface area contributed by atoms with Crippen LogP contribution >= 0.6 is 0 Å². The molecule has 1 saturated carbocycles. The molecule has 4 nitrogen and oxygen atoms in total. The van der Waals surface area contributed by atoms with Crippen LogP contribution in [0.2, 0.25) is 0 Å². The molecule has 1 aromatic carbocycles. The van der Waals surface area contributed by atoms with E-state index < -0.39 is 0 Å². The lowest BCUT2D eigenvalue weighted by Crippen LogP contribution is -2.29. The number of methoxy groups -OCH3 is 1. The van der Waals surface area contributed by atoms with Crippen molar-refractivity contribution in [1.82, 2.24) is 0 Å². The van der Waals surface area contributed by atoms with Crippen molar-refractivity contribution >= 4 is 11.6 Å². The standard InChI is InChI=1S/C16H24N2O2/c1-11-3-8-15(20-2)14(9-11)18-16(19)13-6-4-12(10-17)5-7-13/h3,8-9,12-13H,4-7,10,17H2,1-2H3,(H,18,19). The quantitative estimate of drug-likeness (QED) is 0.888. The Morgan fingerprint density at radius 1 is 1.35 bits per heavy atom.